The lowest BCUT2D eigenvalue weighted by molar-refractivity contribution is 0.107. The highest BCUT2D eigenvalue weighted by molar-refractivity contribution is 7.80. The van der Waals surface area contributed by atoms with Crippen LogP contribution in [0.3, 0.4) is 0 Å². The zero-order chi connectivity index (χ0) is 11.1. The van der Waals surface area contributed by atoms with Gasteiger partial charge in [-0.05, 0) is 12.2 Å². The average Bonchev–Trinajstić information content (AvgIpc) is 2.29. The third-order valence-corrected chi connectivity index (χ3v) is 1.66. The van der Waals surface area contributed by atoms with Crippen LogP contribution in [0, 0.1) is 0 Å². The SMILES string of the molecule is O=C(/C=N/NC(=S)NF)c1ccccc1. The number of hydrogen-bond donors (Lipinski definition) is 2. The van der Waals surface area contributed by atoms with Crippen molar-refractivity contribution in [2.24, 2.45) is 5.10 Å². The molecule has 2 N–H and O–H groups in total. The third kappa shape index (κ3) is 3.82. The molecule has 0 fully saturated rings. The second-order valence-electron chi connectivity index (χ2n) is 2.52. The molecule has 1 aromatic rings. The van der Waals surface area contributed by atoms with Gasteiger partial charge in [0.05, 0.1) is 6.21 Å². The van der Waals surface area contributed by atoms with Crippen LogP contribution in [0.5, 0.6) is 0 Å². The maximum atomic E-state index is 11.6. The molecular weight excluding hydrogens is 217 g/mol. The smallest absolute Gasteiger partial charge is 0.215 e. The minimum absolute atomic E-state index is 0.287. The molecule has 0 radical (unpaired) electrons. The second kappa shape index (κ2) is 5.82. The Morgan fingerprint density at radius 2 is 2.07 bits per heavy atom. The lowest BCUT2D eigenvalue weighted by atomic mass is 10.1. The van der Waals surface area contributed by atoms with E-state index in [2.05, 4.69) is 22.7 Å². The summed E-state index contributed by atoms with van der Waals surface area (Å²) in [6.07, 6.45) is 1.03. The number of hydrogen-bond acceptors (Lipinski definition) is 3. The second-order valence-corrected chi connectivity index (χ2v) is 2.93. The summed E-state index contributed by atoms with van der Waals surface area (Å²) < 4.78 is 11.6. The highest BCUT2D eigenvalue weighted by Crippen LogP contribution is 1.97. The summed E-state index contributed by atoms with van der Waals surface area (Å²) in [7, 11) is 0. The molecule has 0 saturated heterocycles. The van der Waals surface area contributed by atoms with Crippen molar-refractivity contribution >= 4 is 29.3 Å². The molecule has 15 heavy (non-hydrogen) atoms. The molecule has 0 atom stereocenters. The van der Waals surface area contributed by atoms with Crippen LogP contribution in [0.1, 0.15) is 10.4 Å². The highest BCUT2D eigenvalue weighted by Gasteiger charge is 1.99. The van der Waals surface area contributed by atoms with E-state index in [1.165, 1.54) is 5.54 Å². The van der Waals surface area contributed by atoms with Gasteiger partial charge < -0.3 is 0 Å². The van der Waals surface area contributed by atoms with Crippen LogP contribution in [0.15, 0.2) is 35.4 Å². The van der Waals surface area contributed by atoms with E-state index >= 15 is 0 Å². The van der Waals surface area contributed by atoms with Gasteiger partial charge in [-0.3, -0.25) is 10.2 Å². The molecule has 0 aliphatic rings. The molecule has 0 amide bonds. The first-order valence-corrected chi connectivity index (χ1v) is 4.44. The maximum Gasteiger partial charge on any atom is 0.215 e. The van der Waals surface area contributed by atoms with Crippen LogP contribution in [0.2, 0.25) is 0 Å². The fraction of sp³-hybridized carbons (Fsp3) is 0. The van der Waals surface area contributed by atoms with E-state index in [1.54, 1.807) is 30.3 Å². The Morgan fingerprint density at radius 3 is 2.67 bits per heavy atom. The van der Waals surface area contributed by atoms with Crippen molar-refractivity contribution in [2.75, 3.05) is 0 Å². The molecule has 0 spiro atoms. The molecule has 78 valence electrons. The Bertz CT molecular complexity index is 380. The first-order chi connectivity index (χ1) is 7.24. The highest BCUT2D eigenvalue weighted by atomic mass is 32.1. The fourth-order valence-corrected chi connectivity index (χ4v) is 0.900. The quantitative estimate of drug-likeness (QED) is 0.267. The number of benzene rings is 1. The number of ketones is 1. The van der Waals surface area contributed by atoms with E-state index in [4.69, 9.17) is 0 Å². The summed E-state index contributed by atoms with van der Waals surface area (Å²) in [5.74, 6) is -0.287. The van der Waals surface area contributed by atoms with Gasteiger partial charge >= 0.3 is 0 Å². The van der Waals surface area contributed by atoms with Gasteiger partial charge in [0.1, 0.15) is 0 Å². The number of Topliss-reactive ketones (excluding diaryl/α,β-unsaturated/α-hetero) is 1. The van der Waals surface area contributed by atoms with E-state index in [0.29, 0.717) is 5.56 Å². The van der Waals surface area contributed by atoms with E-state index in [-0.39, 0.29) is 10.9 Å². The van der Waals surface area contributed by atoms with E-state index in [9.17, 15) is 9.28 Å². The van der Waals surface area contributed by atoms with Crippen LogP contribution in [-0.2, 0) is 0 Å². The molecule has 0 aromatic heterocycles. The molecule has 0 heterocycles. The van der Waals surface area contributed by atoms with Gasteiger partial charge in [0.25, 0.3) is 0 Å². The van der Waals surface area contributed by atoms with Crippen LogP contribution < -0.4 is 11.0 Å². The number of hydrazone groups is 1. The Kier molecular flexibility index (Phi) is 4.36. The molecule has 0 aliphatic heterocycles. The molecular formula is C9H8FN3OS. The molecule has 0 saturated carbocycles. The summed E-state index contributed by atoms with van der Waals surface area (Å²) in [6, 6.07) is 8.58. The number of thiocarbonyl (C=S) groups is 1. The van der Waals surface area contributed by atoms with Crippen LogP contribution in [0.25, 0.3) is 0 Å². The number of rotatable bonds is 3. The molecule has 1 aromatic carbocycles. The van der Waals surface area contributed by atoms with Crippen molar-refractivity contribution < 1.29 is 9.28 Å². The Balaban J connectivity index is 2.53. The topological polar surface area (TPSA) is 53.5 Å². The molecule has 1 rings (SSSR count). The van der Waals surface area contributed by atoms with Gasteiger partial charge in [0.15, 0.2) is 0 Å². The summed E-state index contributed by atoms with van der Waals surface area (Å²) >= 11 is 4.40. The summed E-state index contributed by atoms with van der Waals surface area (Å²) in [6.45, 7) is 0. The standard InChI is InChI=1S/C9H8FN3OS/c10-12-9(15)13-11-6-8(14)7-4-2-1-3-5-7/h1-6H,(H2,12,13,15)/b11-6+. The lowest BCUT2D eigenvalue weighted by Gasteiger charge is -1.96. The number of halogens is 1. The van der Waals surface area contributed by atoms with Crippen molar-refractivity contribution in [1.82, 2.24) is 11.0 Å². The number of carbonyl (C=O) groups excluding carboxylic acids is 1. The van der Waals surface area contributed by atoms with Crippen molar-refractivity contribution in [2.45, 2.75) is 0 Å². The zero-order valence-electron chi connectivity index (χ0n) is 7.61. The van der Waals surface area contributed by atoms with Gasteiger partial charge in [0, 0.05) is 5.56 Å². The first kappa shape index (κ1) is 11.3. The van der Waals surface area contributed by atoms with E-state index < -0.39 is 0 Å². The van der Waals surface area contributed by atoms with Gasteiger partial charge in [-0.2, -0.15) is 10.6 Å². The minimum atomic E-state index is -0.299. The lowest BCUT2D eigenvalue weighted by Crippen LogP contribution is -2.26. The van der Waals surface area contributed by atoms with E-state index in [1.807, 2.05) is 0 Å². The van der Waals surface area contributed by atoms with Crippen LogP contribution in [-0.4, -0.2) is 17.1 Å². The van der Waals surface area contributed by atoms with Crippen molar-refractivity contribution in [3.63, 3.8) is 0 Å². The normalized spacial score (nSPS) is 9.93. The zero-order valence-corrected chi connectivity index (χ0v) is 8.42. The fourth-order valence-electron chi connectivity index (χ4n) is 0.848. The Hall–Kier alpha value is -1.82. The molecule has 4 nitrogen and oxygen atoms in total. The predicted molar refractivity (Wildman–Crippen MR) is 59.2 cm³/mol. The Labute approximate surface area is 91.1 Å². The summed E-state index contributed by atoms with van der Waals surface area (Å²) in [5.41, 5.74) is 3.80. The minimum Gasteiger partial charge on any atom is -0.287 e. The number of nitrogens with zero attached hydrogens (tertiary/aromatic N) is 1. The van der Waals surface area contributed by atoms with Gasteiger partial charge in [-0.15, -0.1) is 4.48 Å². The Morgan fingerprint density at radius 1 is 1.40 bits per heavy atom. The van der Waals surface area contributed by atoms with Gasteiger partial charge in [-0.25, -0.2) is 0 Å². The molecule has 6 heteroatoms. The van der Waals surface area contributed by atoms with Crippen LogP contribution >= 0.6 is 12.2 Å². The molecule has 0 unspecified atom stereocenters. The third-order valence-electron chi connectivity index (χ3n) is 1.49. The maximum absolute atomic E-state index is 11.6. The number of nitrogens with one attached hydrogen (secondary N) is 2. The molecule has 0 bridgehead atoms. The summed E-state index contributed by atoms with van der Waals surface area (Å²) in [5, 5.41) is 3.15. The van der Waals surface area contributed by atoms with Crippen molar-refractivity contribution in [1.29, 1.82) is 0 Å². The monoisotopic (exact) mass is 225 g/mol. The first-order valence-electron chi connectivity index (χ1n) is 4.03. The predicted octanol–water partition coefficient (Wildman–Crippen LogP) is 1.20. The van der Waals surface area contributed by atoms with Gasteiger partial charge in [0.2, 0.25) is 10.9 Å². The average molecular weight is 225 g/mol. The summed E-state index contributed by atoms with van der Waals surface area (Å²) in [4.78, 5) is 11.4. The van der Waals surface area contributed by atoms with Gasteiger partial charge in [-0.1, -0.05) is 30.3 Å². The largest absolute Gasteiger partial charge is 0.287 e. The van der Waals surface area contributed by atoms with E-state index in [0.717, 1.165) is 6.21 Å². The molecule has 0 aliphatic carbocycles. The van der Waals surface area contributed by atoms with Crippen molar-refractivity contribution in [3.05, 3.63) is 35.9 Å². The number of carbonyl (C=O) groups is 1. The van der Waals surface area contributed by atoms with Crippen LogP contribution in [0.4, 0.5) is 4.48 Å². The van der Waals surface area contributed by atoms with Crippen molar-refractivity contribution in [3.8, 4) is 0 Å².